The number of urea groups is 1. The van der Waals surface area contributed by atoms with Crippen molar-refractivity contribution in [3.05, 3.63) is 95.2 Å². The first-order valence-corrected chi connectivity index (χ1v) is 15.7. The van der Waals surface area contributed by atoms with E-state index in [4.69, 9.17) is 0 Å². The zero-order chi connectivity index (χ0) is 30.8. The molecule has 44 heavy (non-hydrogen) atoms. The lowest BCUT2D eigenvalue weighted by Gasteiger charge is -2.39. The van der Waals surface area contributed by atoms with E-state index in [0.717, 1.165) is 48.2 Å². The van der Waals surface area contributed by atoms with E-state index in [2.05, 4.69) is 78.4 Å². The summed E-state index contributed by atoms with van der Waals surface area (Å²) in [7, 11) is 4.15. The molecule has 2 aliphatic rings. The third-order valence-electron chi connectivity index (χ3n) is 9.30. The largest absolute Gasteiger partial charge is 0.368 e. The lowest BCUT2D eigenvalue weighted by Crippen LogP contribution is -2.58. The van der Waals surface area contributed by atoms with E-state index in [1.165, 1.54) is 22.4 Å². The van der Waals surface area contributed by atoms with E-state index in [0.29, 0.717) is 32.0 Å². The predicted octanol–water partition coefficient (Wildman–Crippen LogP) is 4.99. The van der Waals surface area contributed by atoms with Gasteiger partial charge in [-0.2, -0.15) is 0 Å². The van der Waals surface area contributed by atoms with Crippen molar-refractivity contribution < 1.29 is 9.59 Å². The summed E-state index contributed by atoms with van der Waals surface area (Å²) in [6.07, 6.45) is 3.31. The Hall–Kier alpha value is -4.30. The molecule has 2 N–H and O–H groups in total. The summed E-state index contributed by atoms with van der Waals surface area (Å²) >= 11 is 0. The van der Waals surface area contributed by atoms with E-state index < -0.39 is 6.04 Å². The number of piperazine rings is 1. The van der Waals surface area contributed by atoms with Crippen molar-refractivity contribution >= 4 is 34.2 Å². The molecule has 6 rings (SSSR count). The van der Waals surface area contributed by atoms with Crippen LogP contribution < -0.4 is 15.1 Å². The van der Waals surface area contributed by atoms with Gasteiger partial charge < -0.3 is 29.9 Å². The molecular formula is C36H44N6O2. The summed E-state index contributed by atoms with van der Waals surface area (Å²) in [5, 5.41) is 4.28. The highest BCUT2D eigenvalue weighted by Gasteiger charge is 2.35. The third-order valence-corrected chi connectivity index (χ3v) is 9.30. The average Bonchev–Trinajstić information content (AvgIpc) is 3.43. The van der Waals surface area contributed by atoms with Gasteiger partial charge in [-0.25, -0.2) is 4.79 Å². The number of hydrogen-bond donors (Lipinski definition) is 2. The molecule has 8 nitrogen and oxygen atoms in total. The first kappa shape index (κ1) is 29.8. The molecule has 3 amide bonds. The number of amides is 3. The Labute approximate surface area is 260 Å². The Morgan fingerprint density at radius 1 is 0.932 bits per heavy atom. The molecule has 230 valence electrons. The Balaban J connectivity index is 1.24. The van der Waals surface area contributed by atoms with Crippen molar-refractivity contribution in [3.63, 3.8) is 0 Å². The number of nitrogens with one attached hydrogen (secondary N) is 2. The molecule has 0 bridgehead atoms. The first-order valence-electron chi connectivity index (χ1n) is 15.7. The van der Waals surface area contributed by atoms with Gasteiger partial charge in [-0.3, -0.25) is 4.79 Å². The van der Waals surface area contributed by atoms with Crippen LogP contribution in [0, 0.1) is 19.8 Å². The molecule has 0 saturated carbocycles. The monoisotopic (exact) mass is 592 g/mol. The smallest absolute Gasteiger partial charge is 0.318 e. The third kappa shape index (κ3) is 6.17. The van der Waals surface area contributed by atoms with Crippen LogP contribution in [-0.2, 0) is 17.6 Å². The van der Waals surface area contributed by atoms with Crippen molar-refractivity contribution in [3.8, 4) is 0 Å². The van der Waals surface area contributed by atoms with Crippen molar-refractivity contribution in [1.82, 2.24) is 20.1 Å². The molecule has 0 radical (unpaired) electrons. The minimum absolute atomic E-state index is 0.0615. The quantitative estimate of drug-likeness (QED) is 0.317. The van der Waals surface area contributed by atoms with Crippen molar-refractivity contribution in [2.24, 2.45) is 5.92 Å². The number of anilines is 2. The molecule has 3 heterocycles. The zero-order valence-electron chi connectivity index (χ0n) is 26.3. The second kappa shape index (κ2) is 12.7. The van der Waals surface area contributed by atoms with Crippen LogP contribution in [0.4, 0.5) is 16.2 Å². The second-order valence-corrected chi connectivity index (χ2v) is 12.7. The van der Waals surface area contributed by atoms with Crippen LogP contribution >= 0.6 is 0 Å². The van der Waals surface area contributed by atoms with Crippen molar-refractivity contribution in [2.45, 2.75) is 32.7 Å². The standard InChI is InChI=1S/C36H44N6O2/c1-25-10-9-15-33(26(25)2)40-16-18-41(19-17-40)36(44)38-32(21-29-22-37-31-13-7-6-12-30(29)31)35(43)42-24-27(23-39(3)4)20-28-11-5-8-14-34(28)42/h5-15,22,27,32,37H,16-21,23-24H2,1-4H3,(H,38,44)/t27?,32-/m1/s1. The summed E-state index contributed by atoms with van der Waals surface area (Å²) in [4.78, 5) is 40.0. The lowest BCUT2D eigenvalue weighted by atomic mass is 9.91. The molecule has 0 spiro atoms. The maximum atomic E-state index is 14.5. The molecular weight excluding hydrogens is 548 g/mol. The molecule has 2 aliphatic heterocycles. The number of carbonyl (C=O) groups excluding carboxylic acids is 2. The van der Waals surface area contributed by atoms with Crippen LogP contribution in [0.1, 0.15) is 22.3 Å². The van der Waals surface area contributed by atoms with Crippen LogP contribution in [0.15, 0.2) is 72.9 Å². The van der Waals surface area contributed by atoms with Crippen molar-refractivity contribution in [2.75, 3.05) is 63.2 Å². The van der Waals surface area contributed by atoms with Gasteiger partial charge >= 0.3 is 6.03 Å². The number of aryl methyl sites for hydroxylation is 1. The summed E-state index contributed by atoms with van der Waals surface area (Å²) < 4.78 is 0. The lowest BCUT2D eigenvalue weighted by molar-refractivity contribution is -0.120. The number of benzene rings is 3. The number of carbonyl (C=O) groups is 2. The Morgan fingerprint density at radius 3 is 2.45 bits per heavy atom. The van der Waals surface area contributed by atoms with Gasteiger partial charge in [0, 0.05) is 74.2 Å². The SMILES string of the molecule is Cc1cccc(N2CCN(C(=O)N[C@H](Cc3c[nH]c4ccccc34)C(=O)N3CC(CN(C)C)Cc4ccccc43)CC2)c1C. The van der Waals surface area contributed by atoms with E-state index >= 15 is 0 Å². The van der Waals surface area contributed by atoms with Crippen LogP contribution in [-0.4, -0.2) is 86.1 Å². The normalized spacial score (nSPS) is 17.6. The maximum absolute atomic E-state index is 14.5. The second-order valence-electron chi connectivity index (χ2n) is 12.7. The van der Waals surface area contributed by atoms with Crippen molar-refractivity contribution in [1.29, 1.82) is 0 Å². The fourth-order valence-corrected chi connectivity index (χ4v) is 6.90. The summed E-state index contributed by atoms with van der Waals surface area (Å²) in [6.45, 7) is 8.53. The topological polar surface area (TPSA) is 74.9 Å². The van der Waals surface area contributed by atoms with E-state index in [1.54, 1.807) is 0 Å². The molecule has 0 aliphatic carbocycles. The van der Waals surface area contributed by atoms with E-state index in [-0.39, 0.29) is 11.9 Å². The van der Waals surface area contributed by atoms with Gasteiger partial charge in [0.1, 0.15) is 6.04 Å². The molecule has 4 aromatic rings. The van der Waals surface area contributed by atoms with Gasteiger partial charge in [-0.05, 0) is 80.7 Å². The number of nitrogens with zero attached hydrogens (tertiary/aromatic N) is 4. The fourth-order valence-electron chi connectivity index (χ4n) is 6.90. The molecule has 3 aromatic carbocycles. The number of aromatic nitrogens is 1. The summed E-state index contributed by atoms with van der Waals surface area (Å²) in [5.74, 6) is 0.250. The number of rotatable bonds is 7. The van der Waals surface area contributed by atoms with Gasteiger partial charge in [-0.1, -0.05) is 48.5 Å². The van der Waals surface area contributed by atoms with Gasteiger partial charge in [0.2, 0.25) is 5.91 Å². The molecule has 1 aromatic heterocycles. The van der Waals surface area contributed by atoms with Crippen LogP contribution in [0.5, 0.6) is 0 Å². The van der Waals surface area contributed by atoms with Gasteiger partial charge in [0.25, 0.3) is 0 Å². The molecule has 1 unspecified atom stereocenters. The van der Waals surface area contributed by atoms with E-state index in [9.17, 15) is 9.59 Å². The highest BCUT2D eigenvalue weighted by Crippen LogP contribution is 2.31. The minimum atomic E-state index is -0.704. The number of para-hydroxylation sites is 2. The van der Waals surface area contributed by atoms with Gasteiger partial charge in [0.15, 0.2) is 0 Å². The van der Waals surface area contributed by atoms with Crippen LogP contribution in [0.2, 0.25) is 0 Å². The fraction of sp³-hybridized carbons (Fsp3) is 0.389. The minimum Gasteiger partial charge on any atom is -0.368 e. The highest BCUT2D eigenvalue weighted by molar-refractivity contribution is 6.00. The molecule has 1 fully saturated rings. The highest BCUT2D eigenvalue weighted by atomic mass is 16.2. The Morgan fingerprint density at radius 2 is 1.66 bits per heavy atom. The zero-order valence-corrected chi connectivity index (χ0v) is 26.3. The Kier molecular flexibility index (Phi) is 8.62. The predicted molar refractivity (Wildman–Crippen MR) is 179 cm³/mol. The first-order chi connectivity index (χ1) is 21.3. The van der Waals surface area contributed by atoms with Crippen LogP contribution in [0.3, 0.4) is 0 Å². The number of H-pyrrole nitrogens is 1. The maximum Gasteiger partial charge on any atom is 0.318 e. The molecule has 8 heteroatoms. The Bertz CT molecular complexity index is 1640. The number of aromatic amines is 1. The average molecular weight is 593 g/mol. The van der Waals surface area contributed by atoms with Gasteiger partial charge in [-0.15, -0.1) is 0 Å². The van der Waals surface area contributed by atoms with E-state index in [1.807, 2.05) is 52.4 Å². The molecule has 1 saturated heterocycles. The molecule has 2 atom stereocenters. The summed E-state index contributed by atoms with van der Waals surface area (Å²) in [6, 6.07) is 21.8. The number of fused-ring (bicyclic) bond motifs is 2. The van der Waals surface area contributed by atoms with Crippen LogP contribution in [0.25, 0.3) is 10.9 Å². The van der Waals surface area contributed by atoms with Gasteiger partial charge in [0.05, 0.1) is 0 Å². The summed E-state index contributed by atoms with van der Waals surface area (Å²) in [5.41, 5.74) is 7.96. The number of hydrogen-bond acceptors (Lipinski definition) is 4.